The molecule has 4 heteroatoms. The maximum absolute atomic E-state index is 12.5. The zero-order valence-corrected chi connectivity index (χ0v) is 10.5. The number of carbonyl (C=O) groups is 1. The monoisotopic (exact) mass is 237 g/mol. The highest BCUT2D eigenvalue weighted by molar-refractivity contribution is 5.86. The summed E-state index contributed by atoms with van der Waals surface area (Å²) in [5.41, 5.74) is 5.79. The second-order valence-corrected chi connectivity index (χ2v) is 6.11. The van der Waals surface area contributed by atoms with E-state index in [2.05, 4.69) is 5.32 Å². The van der Waals surface area contributed by atoms with Gasteiger partial charge in [0.15, 0.2) is 0 Å². The third-order valence-corrected chi connectivity index (χ3v) is 4.85. The third kappa shape index (κ3) is 1.97. The molecule has 0 aromatic rings. The van der Waals surface area contributed by atoms with Crippen LogP contribution in [-0.4, -0.2) is 42.5 Å². The first-order valence-electron chi connectivity index (χ1n) is 6.98. The summed E-state index contributed by atoms with van der Waals surface area (Å²) >= 11 is 0. The van der Waals surface area contributed by atoms with Crippen LogP contribution in [0.3, 0.4) is 0 Å². The van der Waals surface area contributed by atoms with Gasteiger partial charge in [0.2, 0.25) is 5.91 Å². The highest BCUT2D eigenvalue weighted by Crippen LogP contribution is 2.32. The van der Waals surface area contributed by atoms with E-state index in [1.54, 1.807) is 0 Å². The van der Waals surface area contributed by atoms with Gasteiger partial charge < -0.3 is 16.0 Å². The van der Waals surface area contributed by atoms with Crippen LogP contribution in [0.15, 0.2) is 0 Å². The van der Waals surface area contributed by atoms with E-state index in [0.29, 0.717) is 11.8 Å². The molecule has 3 rings (SSSR count). The second kappa shape index (κ2) is 4.25. The number of fused-ring (bicyclic) bond motifs is 1. The van der Waals surface area contributed by atoms with E-state index < -0.39 is 5.54 Å². The Morgan fingerprint density at radius 3 is 2.29 bits per heavy atom. The molecule has 1 saturated carbocycles. The van der Waals surface area contributed by atoms with Gasteiger partial charge in [-0.2, -0.15) is 0 Å². The minimum atomic E-state index is -0.537. The number of nitrogens with one attached hydrogen (secondary N) is 1. The predicted molar refractivity (Wildman–Crippen MR) is 66.4 cm³/mol. The molecule has 0 spiro atoms. The summed E-state index contributed by atoms with van der Waals surface area (Å²) < 4.78 is 0. The largest absolute Gasteiger partial charge is 0.340 e. The molecular formula is C13H23N3O. The van der Waals surface area contributed by atoms with Crippen molar-refractivity contribution < 1.29 is 4.79 Å². The Bertz CT molecular complexity index is 300. The first-order valence-corrected chi connectivity index (χ1v) is 6.98. The molecule has 0 radical (unpaired) electrons. The second-order valence-electron chi connectivity index (χ2n) is 6.11. The van der Waals surface area contributed by atoms with E-state index in [9.17, 15) is 4.79 Å². The summed E-state index contributed by atoms with van der Waals surface area (Å²) in [5.74, 6) is 1.57. The molecule has 96 valence electrons. The summed E-state index contributed by atoms with van der Waals surface area (Å²) in [5, 5.41) is 3.40. The highest BCUT2D eigenvalue weighted by atomic mass is 16.2. The summed E-state index contributed by atoms with van der Waals surface area (Å²) in [7, 11) is 0. The average molecular weight is 237 g/mol. The molecule has 1 aliphatic carbocycles. The number of rotatable bonds is 1. The van der Waals surface area contributed by atoms with Crippen LogP contribution < -0.4 is 11.1 Å². The summed E-state index contributed by atoms with van der Waals surface area (Å²) in [6.45, 7) is 4.00. The molecule has 2 atom stereocenters. The standard InChI is InChI=1S/C13H23N3O/c14-13(4-2-1-3-5-13)12(17)16-8-10-6-15-7-11(10)9-16/h10-11,15H,1-9,14H2/t10-,11+. The third-order valence-electron chi connectivity index (χ3n) is 4.85. The van der Waals surface area contributed by atoms with E-state index in [1.165, 1.54) is 6.42 Å². The van der Waals surface area contributed by atoms with Crippen molar-refractivity contribution in [1.82, 2.24) is 10.2 Å². The fourth-order valence-corrected chi connectivity index (χ4v) is 3.73. The molecule has 4 nitrogen and oxygen atoms in total. The smallest absolute Gasteiger partial charge is 0.242 e. The Morgan fingerprint density at radius 2 is 1.71 bits per heavy atom. The first kappa shape index (κ1) is 11.5. The van der Waals surface area contributed by atoms with Gasteiger partial charge in [-0.1, -0.05) is 19.3 Å². The van der Waals surface area contributed by atoms with Crippen molar-refractivity contribution in [1.29, 1.82) is 0 Å². The Balaban J connectivity index is 1.66. The van der Waals surface area contributed by atoms with E-state index in [-0.39, 0.29) is 5.91 Å². The summed E-state index contributed by atoms with van der Waals surface area (Å²) in [6, 6.07) is 0. The van der Waals surface area contributed by atoms with Gasteiger partial charge in [-0.25, -0.2) is 0 Å². The quantitative estimate of drug-likeness (QED) is 0.691. The number of hydrogen-bond acceptors (Lipinski definition) is 3. The minimum Gasteiger partial charge on any atom is -0.340 e. The molecule has 0 bridgehead atoms. The van der Waals surface area contributed by atoms with Gasteiger partial charge in [0.25, 0.3) is 0 Å². The lowest BCUT2D eigenvalue weighted by molar-refractivity contribution is -0.137. The number of carbonyl (C=O) groups excluding carboxylic acids is 1. The van der Waals surface area contributed by atoms with Gasteiger partial charge in [0.1, 0.15) is 0 Å². The molecule has 0 unspecified atom stereocenters. The molecule has 2 aliphatic heterocycles. The maximum atomic E-state index is 12.5. The molecule has 0 aromatic heterocycles. The molecule has 1 amide bonds. The number of hydrogen-bond donors (Lipinski definition) is 2. The van der Waals surface area contributed by atoms with E-state index in [4.69, 9.17) is 5.73 Å². The van der Waals surface area contributed by atoms with Crippen LogP contribution in [0.4, 0.5) is 0 Å². The Hall–Kier alpha value is -0.610. The molecule has 2 heterocycles. The molecule has 2 saturated heterocycles. The van der Waals surface area contributed by atoms with Crippen LogP contribution in [0.2, 0.25) is 0 Å². The molecule has 3 aliphatic rings. The van der Waals surface area contributed by atoms with Crippen LogP contribution in [0.1, 0.15) is 32.1 Å². The van der Waals surface area contributed by atoms with Crippen molar-refractivity contribution in [2.75, 3.05) is 26.2 Å². The van der Waals surface area contributed by atoms with Gasteiger partial charge in [0, 0.05) is 26.2 Å². The minimum absolute atomic E-state index is 0.228. The van der Waals surface area contributed by atoms with Gasteiger partial charge >= 0.3 is 0 Å². The first-order chi connectivity index (χ1) is 8.19. The Kier molecular flexibility index (Phi) is 2.87. The van der Waals surface area contributed by atoms with E-state index in [0.717, 1.165) is 51.9 Å². The normalized spacial score (nSPS) is 35.9. The summed E-state index contributed by atoms with van der Waals surface area (Å²) in [4.78, 5) is 14.6. The van der Waals surface area contributed by atoms with Gasteiger partial charge in [-0.15, -0.1) is 0 Å². The number of nitrogens with two attached hydrogens (primary N) is 1. The Labute approximate surface area is 103 Å². The van der Waals surface area contributed by atoms with Crippen molar-refractivity contribution in [3.63, 3.8) is 0 Å². The van der Waals surface area contributed by atoms with Crippen LogP contribution in [0.25, 0.3) is 0 Å². The van der Waals surface area contributed by atoms with Crippen molar-refractivity contribution >= 4 is 5.91 Å². The van der Waals surface area contributed by atoms with Crippen LogP contribution in [0.5, 0.6) is 0 Å². The lowest BCUT2D eigenvalue weighted by atomic mass is 9.81. The van der Waals surface area contributed by atoms with E-state index in [1.807, 2.05) is 4.90 Å². The van der Waals surface area contributed by atoms with Gasteiger partial charge in [0.05, 0.1) is 5.54 Å². The van der Waals surface area contributed by atoms with Crippen molar-refractivity contribution in [3.8, 4) is 0 Å². The number of likely N-dealkylation sites (tertiary alicyclic amines) is 1. The molecule has 0 aromatic carbocycles. The van der Waals surface area contributed by atoms with E-state index >= 15 is 0 Å². The highest BCUT2D eigenvalue weighted by Gasteiger charge is 2.44. The topological polar surface area (TPSA) is 58.4 Å². The SMILES string of the molecule is NC1(C(=O)N2C[C@H]3CNC[C@H]3C2)CCCCC1. The number of amides is 1. The Morgan fingerprint density at radius 1 is 1.12 bits per heavy atom. The van der Waals surface area contributed by atoms with Crippen LogP contribution in [0, 0.1) is 11.8 Å². The fourth-order valence-electron chi connectivity index (χ4n) is 3.73. The van der Waals surface area contributed by atoms with Crippen LogP contribution >= 0.6 is 0 Å². The molecule has 17 heavy (non-hydrogen) atoms. The van der Waals surface area contributed by atoms with Crippen LogP contribution in [-0.2, 0) is 4.79 Å². The predicted octanol–water partition coefficient (Wildman–Crippen LogP) is 0.326. The number of nitrogens with zero attached hydrogens (tertiary/aromatic N) is 1. The molecule has 3 fully saturated rings. The molecule has 3 N–H and O–H groups in total. The maximum Gasteiger partial charge on any atom is 0.242 e. The van der Waals surface area contributed by atoms with Crippen molar-refractivity contribution in [2.45, 2.75) is 37.6 Å². The van der Waals surface area contributed by atoms with Crippen molar-refractivity contribution in [2.24, 2.45) is 17.6 Å². The average Bonchev–Trinajstić information content (AvgIpc) is 2.89. The zero-order valence-electron chi connectivity index (χ0n) is 10.5. The lowest BCUT2D eigenvalue weighted by Gasteiger charge is -2.35. The summed E-state index contributed by atoms with van der Waals surface area (Å²) in [6.07, 6.45) is 5.24. The fraction of sp³-hybridized carbons (Fsp3) is 0.923. The van der Waals surface area contributed by atoms with Gasteiger partial charge in [-0.3, -0.25) is 4.79 Å². The zero-order chi connectivity index (χ0) is 11.9. The van der Waals surface area contributed by atoms with Gasteiger partial charge in [-0.05, 0) is 24.7 Å². The molecular weight excluding hydrogens is 214 g/mol. The lowest BCUT2D eigenvalue weighted by Crippen LogP contribution is -2.56. The van der Waals surface area contributed by atoms with Crippen molar-refractivity contribution in [3.05, 3.63) is 0 Å².